The average Bonchev–Trinajstić information content (AvgIpc) is 2.45. The van der Waals surface area contributed by atoms with Crippen LogP contribution in [-0.2, 0) is 4.74 Å². The topological polar surface area (TPSA) is 75.9 Å². The number of rotatable bonds is 2. The van der Waals surface area contributed by atoms with Crippen LogP contribution in [0.3, 0.4) is 0 Å². The predicted octanol–water partition coefficient (Wildman–Crippen LogP) is 2.50. The second-order valence-corrected chi connectivity index (χ2v) is 6.84. The Morgan fingerprint density at radius 2 is 1.78 bits per heavy atom. The Morgan fingerprint density at radius 3 is 2.30 bits per heavy atom. The molecule has 0 atom stereocenters. The van der Waals surface area contributed by atoms with E-state index < -0.39 is 11.5 Å². The van der Waals surface area contributed by atoms with Gasteiger partial charge in [0.2, 0.25) is 5.91 Å². The Morgan fingerprint density at radius 1 is 1.17 bits per heavy atom. The number of anilines is 1. The molecule has 0 aliphatic carbocycles. The van der Waals surface area contributed by atoms with E-state index in [-0.39, 0.29) is 6.09 Å². The van der Waals surface area contributed by atoms with Gasteiger partial charge in [-0.1, -0.05) is 17.7 Å². The van der Waals surface area contributed by atoms with Crippen molar-refractivity contribution in [1.82, 2.24) is 4.90 Å². The average molecular weight is 340 g/mol. The fourth-order valence-corrected chi connectivity index (χ4v) is 2.75. The second-order valence-electron chi connectivity index (χ2n) is 6.46. The Balaban J connectivity index is 2.04. The summed E-state index contributed by atoms with van der Waals surface area (Å²) in [4.78, 5) is 27.2. The molecule has 7 heteroatoms. The Bertz CT molecular complexity index is 605. The quantitative estimate of drug-likeness (QED) is 0.898. The summed E-state index contributed by atoms with van der Waals surface area (Å²) in [5, 5.41) is 0.353. The highest BCUT2D eigenvalue weighted by Crippen LogP contribution is 2.30. The van der Waals surface area contributed by atoms with Gasteiger partial charge in [-0.2, -0.15) is 0 Å². The first kappa shape index (κ1) is 17.4. The van der Waals surface area contributed by atoms with Crippen LogP contribution in [0.5, 0.6) is 0 Å². The van der Waals surface area contributed by atoms with Gasteiger partial charge in [-0.15, -0.1) is 0 Å². The van der Waals surface area contributed by atoms with Crippen LogP contribution >= 0.6 is 11.6 Å². The van der Waals surface area contributed by atoms with Crippen molar-refractivity contribution in [3.63, 3.8) is 0 Å². The third-order valence-corrected chi connectivity index (χ3v) is 3.91. The van der Waals surface area contributed by atoms with Crippen LogP contribution in [-0.4, -0.2) is 48.7 Å². The highest BCUT2D eigenvalue weighted by atomic mass is 35.5. The molecule has 0 radical (unpaired) electrons. The molecule has 2 amide bonds. The molecular weight excluding hydrogens is 318 g/mol. The number of carbonyl (C=O) groups excluding carboxylic acids is 2. The van der Waals surface area contributed by atoms with E-state index in [2.05, 4.69) is 0 Å². The van der Waals surface area contributed by atoms with Gasteiger partial charge in [0.15, 0.2) is 0 Å². The summed E-state index contributed by atoms with van der Waals surface area (Å²) in [7, 11) is 0. The zero-order chi connectivity index (χ0) is 17.2. The molecule has 1 aliphatic rings. The van der Waals surface area contributed by atoms with Crippen LogP contribution in [0.2, 0.25) is 5.02 Å². The number of nitrogens with two attached hydrogens (primary N) is 1. The molecular formula is C16H22ClN3O3. The molecule has 0 saturated carbocycles. The number of amides is 2. The lowest BCUT2D eigenvalue weighted by Gasteiger charge is -2.37. The summed E-state index contributed by atoms with van der Waals surface area (Å²) < 4.78 is 5.37. The maximum absolute atomic E-state index is 12.1. The van der Waals surface area contributed by atoms with Crippen LogP contribution in [0.1, 0.15) is 31.1 Å². The summed E-state index contributed by atoms with van der Waals surface area (Å²) in [5.74, 6) is -0.552. The number of hydrogen-bond donors (Lipinski definition) is 1. The molecule has 0 spiro atoms. The van der Waals surface area contributed by atoms with E-state index in [0.29, 0.717) is 36.8 Å². The van der Waals surface area contributed by atoms with Gasteiger partial charge in [-0.3, -0.25) is 4.79 Å². The van der Waals surface area contributed by atoms with E-state index in [0.717, 1.165) is 5.69 Å². The second kappa shape index (κ2) is 6.66. The molecule has 2 rings (SSSR count). The molecule has 1 saturated heterocycles. The number of ether oxygens (including phenoxy) is 1. The van der Waals surface area contributed by atoms with E-state index in [1.54, 1.807) is 17.0 Å². The molecule has 0 bridgehead atoms. The predicted molar refractivity (Wildman–Crippen MR) is 90.0 cm³/mol. The van der Waals surface area contributed by atoms with Crippen molar-refractivity contribution in [2.45, 2.75) is 26.4 Å². The van der Waals surface area contributed by atoms with Crippen LogP contribution in [0.15, 0.2) is 18.2 Å². The molecule has 2 N–H and O–H groups in total. The van der Waals surface area contributed by atoms with E-state index in [9.17, 15) is 9.59 Å². The first-order valence-electron chi connectivity index (χ1n) is 7.50. The Kier molecular flexibility index (Phi) is 5.04. The van der Waals surface area contributed by atoms with E-state index in [1.165, 1.54) is 0 Å². The number of halogens is 1. The zero-order valence-corrected chi connectivity index (χ0v) is 14.4. The highest BCUT2D eigenvalue weighted by Gasteiger charge is 2.27. The molecule has 1 aliphatic heterocycles. The van der Waals surface area contributed by atoms with Gasteiger partial charge in [0.1, 0.15) is 5.60 Å². The normalized spacial score (nSPS) is 15.5. The number of primary amides is 1. The van der Waals surface area contributed by atoms with Gasteiger partial charge in [-0.25, -0.2) is 4.79 Å². The maximum atomic E-state index is 12.1. The minimum Gasteiger partial charge on any atom is -0.444 e. The number of benzene rings is 1. The summed E-state index contributed by atoms with van der Waals surface area (Å²) >= 11 is 6.28. The highest BCUT2D eigenvalue weighted by molar-refractivity contribution is 6.36. The lowest BCUT2D eigenvalue weighted by molar-refractivity contribution is 0.0240. The number of piperazine rings is 1. The maximum Gasteiger partial charge on any atom is 0.410 e. The summed E-state index contributed by atoms with van der Waals surface area (Å²) in [6, 6.07) is 5.20. The van der Waals surface area contributed by atoms with Gasteiger partial charge in [-0.05, 0) is 32.9 Å². The Labute approximate surface area is 141 Å². The van der Waals surface area contributed by atoms with Crippen LogP contribution in [0, 0.1) is 0 Å². The standard InChI is InChI=1S/C16H22ClN3O3/c1-16(2,3)23-15(22)20-9-7-19(8-10-20)12-6-4-5-11(13(12)17)14(18)21/h4-6H,7-10H2,1-3H3,(H2,18,21). The molecule has 0 unspecified atom stereocenters. The minimum absolute atomic E-state index is 0.304. The molecule has 0 aromatic heterocycles. The number of carbonyl (C=O) groups is 2. The van der Waals surface area contributed by atoms with Crippen molar-refractivity contribution >= 4 is 29.3 Å². The van der Waals surface area contributed by atoms with Gasteiger partial charge in [0, 0.05) is 26.2 Å². The van der Waals surface area contributed by atoms with Crippen molar-refractivity contribution in [3.05, 3.63) is 28.8 Å². The van der Waals surface area contributed by atoms with Crippen molar-refractivity contribution in [3.8, 4) is 0 Å². The third-order valence-electron chi connectivity index (χ3n) is 3.52. The monoisotopic (exact) mass is 339 g/mol. The number of nitrogens with zero attached hydrogens (tertiary/aromatic N) is 2. The van der Waals surface area contributed by atoms with Crippen molar-refractivity contribution in [2.24, 2.45) is 5.73 Å². The van der Waals surface area contributed by atoms with Crippen molar-refractivity contribution in [2.75, 3.05) is 31.1 Å². The van der Waals surface area contributed by atoms with Crippen LogP contribution in [0.25, 0.3) is 0 Å². The summed E-state index contributed by atoms with van der Waals surface area (Å²) in [6.45, 7) is 7.82. The molecule has 23 heavy (non-hydrogen) atoms. The van der Waals surface area contributed by atoms with Gasteiger partial charge < -0.3 is 20.3 Å². The summed E-state index contributed by atoms with van der Waals surface area (Å²) in [5.41, 5.74) is 5.88. The molecule has 126 valence electrons. The van der Waals surface area contributed by atoms with E-state index in [4.69, 9.17) is 22.1 Å². The summed E-state index contributed by atoms with van der Waals surface area (Å²) in [6.07, 6.45) is -0.311. The van der Waals surface area contributed by atoms with Crippen molar-refractivity contribution < 1.29 is 14.3 Å². The SMILES string of the molecule is CC(C)(C)OC(=O)N1CCN(c2cccc(C(N)=O)c2Cl)CC1. The fourth-order valence-electron chi connectivity index (χ4n) is 2.41. The van der Waals surface area contributed by atoms with Crippen LogP contribution < -0.4 is 10.6 Å². The van der Waals surface area contributed by atoms with E-state index in [1.807, 2.05) is 31.7 Å². The lowest BCUT2D eigenvalue weighted by atomic mass is 10.1. The van der Waals surface area contributed by atoms with E-state index >= 15 is 0 Å². The van der Waals surface area contributed by atoms with Gasteiger partial charge in [0.25, 0.3) is 0 Å². The first-order valence-corrected chi connectivity index (χ1v) is 7.88. The van der Waals surface area contributed by atoms with Crippen molar-refractivity contribution in [1.29, 1.82) is 0 Å². The minimum atomic E-state index is -0.552. The fraction of sp³-hybridized carbons (Fsp3) is 0.500. The zero-order valence-electron chi connectivity index (χ0n) is 13.6. The molecule has 1 aromatic carbocycles. The molecule has 6 nitrogen and oxygen atoms in total. The molecule has 1 aromatic rings. The largest absolute Gasteiger partial charge is 0.444 e. The van der Waals surface area contributed by atoms with Crippen LogP contribution in [0.4, 0.5) is 10.5 Å². The Hall–Kier alpha value is -1.95. The number of hydrogen-bond acceptors (Lipinski definition) is 4. The van der Waals surface area contributed by atoms with Gasteiger partial charge >= 0.3 is 6.09 Å². The van der Waals surface area contributed by atoms with Gasteiger partial charge in [0.05, 0.1) is 16.3 Å². The third kappa shape index (κ3) is 4.28. The lowest BCUT2D eigenvalue weighted by Crippen LogP contribution is -2.50. The smallest absolute Gasteiger partial charge is 0.410 e. The molecule has 1 heterocycles. The molecule has 1 fully saturated rings. The first-order chi connectivity index (χ1) is 10.7.